The fourth-order valence-electron chi connectivity index (χ4n) is 4.16. The summed E-state index contributed by atoms with van der Waals surface area (Å²) in [5, 5.41) is 4.43. The van der Waals surface area contributed by atoms with Crippen molar-refractivity contribution in [2.75, 3.05) is 11.4 Å². The van der Waals surface area contributed by atoms with Gasteiger partial charge >= 0.3 is 0 Å². The minimum Gasteiger partial charge on any atom is -0.455 e. The second kappa shape index (κ2) is 9.22. The molecule has 0 unspecified atom stereocenters. The van der Waals surface area contributed by atoms with Gasteiger partial charge in [-0.1, -0.05) is 36.4 Å². The van der Waals surface area contributed by atoms with E-state index in [1.165, 1.54) is 0 Å². The molecule has 1 heterocycles. The summed E-state index contributed by atoms with van der Waals surface area (Å²) in [6.45, 7) is 6.25. The average Bonchev–Trinajstić information content (AvgIpc) is 3.16. The Morgan fingerprint density at radius 3 is 2.47 bits per heavy atom. The van der Waals surface area contributed by atoms with Crippen molar-refractivity contribution in [3.05, 3.63) is 88.4 Å². The molecule has 0 fully saturated rings. The van der Waals surface area contributed by atoms with Crippen LogP contribution < -0.4 is 10.3 Å². The number of hydrogen-bond acceptors (Lipinski definition) is 4. The summed E-state index contributed by atoms with van der Waals surface area (Å²) in [5.74, 6) is 0.668. The monoisotopic (exact) mass is 429 g/mol. The highest BCUT2D eigenvalue weighted by Crippen LogP contribution is 2.31. The number of nitrogens with one attached hydrogen (secondary N) is 1. The third kappa shape index (κ3) is 4.08. The lowest BCUT2D eigenvalue weighted by Gasteiger charge is -2.20. The summed E-state index contributed by atoms with van der Waals surface area (Å²) in [6, 6.07) is 17.0. The summed E-state index contributed by atoms with van der Waals surface area (Å²) in [5.41, 5.74) is 7.35. The molecule has 3 aromatic rings. The van der Waals surface area contributed by atoms with Gasteiger partial charge in [0.2, 0.25) is 0 Å². The van der Waals surface area contributed by atoms with Gasteiger partial charge in [-0.25, -0.2) is 5.43 Å². The van der Waals surface area contributed by atoms with Gasteiger partial charge in [-0.05, 0) is 57.4 Å². The molecule has 164 valence electrons. The Hall–Kier alpha value is -3.67. The lowest BCUT2D eigenvalue weighted by atomic mass is 9.93. The van der Waals surface area contributed by atoms with Crippen LogP contribution in [0, 0.1) is 13.8 Å². The number of hydrazone groups is 1. The number of aryl methyl sites for hydroxylation is 2. The van der Waals surface area contributed by atoms with Gasteiger partial charge in [-0.2, -0.15) is 5.10 Å². The fraction of sp³-hybridized carbons (Fsp3) is 0.269. The number of amides is 2. The average molecular weight is 430 g/mol. The highest BCUT2D eigenvalue weighted by Gasteiger charge is 2.30. The van der Waals surface area contributed by atoms with E-state index in [0.717, 1.165) is 46.7 Å². The van der Waals surface area contributed by atoms with Crippen LogP contribution in [-0.4, -0.2) is 24.1 Å². The van der Waals surface area contributed by atoms with Gasteiger partial charge in [-0.15, -0.1) is 0 Å². The van der Waals surface area contributed by atoms with Gasteiger partial charge in [0.15, 0.2) is 5.76 Å². The number of nitrogens with zero attached hydrogens (tertiary/aromatic N) is 2. The van der Waals surface area contributed by atoms with Crippen LogP contribution in [0.2, 0.25) is 0 Å². The Kier molecular flexibility index (Phi) is 6.21. The molecular formula is C26H27N3O3. The SMILES string of the molecule is CCN(C(=O)c1oc2c(c1C)/C(=N/NC(=O)c1ccccc1C)CCC2)c1ccccc1. The zero-order valence-electron chi connectivity index (χ0n) is 18.6. The van der Waals surface area contributed by atoms with Crippen LogP contribution >= 0.6 is 0 Å². The minimum atomic E-state index is -0.249. The number of furan rings is 1. The van der Waals surface area contributed by atoms with Gasteiger partial charge in [-0.3, -0.25) is 9.59 Å². The van der Waals surface area contributed by atoms with Crippen LogP contribution in [0.15, 0.2) is 64.1 Å². The number of para-hydroxylation sites is 1. The minimum absolute atomic E-state index is 0.172. The highest BCUT2D eigenvalue weighted by molar-refractivity contribution is 6.10. The summed E-state index contributed by atoms with van der Waals surface area (Å²) in [6.07, 6.45) is 2.31. The van der Waals surface area contributed by atoms with E-state index < -0.39 is 0 Å². The Balaban J connectivity index is 1.63. The van der Waals surface area contributed by atoms with Crippen molar-refractivity contribution in [3.63, 3.8) is 0 Å². The van der Waals surface area contributed by atoms with Crippen LogP contribution in [0.4, 0.5) is 5.69 Å². The molecule has 1 aliphatic carbocycles. The van der Waals surface area contributed by atoms with Crippen molar-refractivity contribution >= 4 is 23.2 Å². The van der Waals surface area contributed by atoms with Gasteiger partial charge in [0.05, 0.1) is 5.71 Å². The van der Waals surface area contributed by atoms with E-state index in [2.05, 4.69) is 10.5 Å². The van der Waals surface area contributed by atoms with Crippen molar-refractivity contribution in [1.29, 1.82) is 0 Å². The summed E-state index contributed by atoms with van der Waals surface area (Å²) < 4.78 is 6.06. The maximum Gasteiger partial charge on any atom is 0.294 e. The van der Waals surface area contributed by atoms with Crippen LogP contribution in [0.1, 0.15) is 63.1 Å². The summed E-state index contributed by atoms with van der Waals surface area (Å²) in [4.78, 5) is 27.6. The number of benzene rings is 2. The number of hydrogen-bond donors (Lipinski definition) is 1. The van der Waals surface area contributed by atoms with Gasteiger partial charge in [0.1, 0.15) is 5.76 Å². The van der Waals surface area contributed by atoms with Gasteiger partial charge < -0.3 is 9.32 Å². The van der Waals surface area contributed by atoms with Gasteiger partial charge in [0.25, 0.3) is 11.8 Å². The van der Waals surface area contributed by atoms with Crippen LogP contribution in [0.5, 0.6) is 0 Å². The first-order chi connectivity index (χ1) is 15.5. The number of fused-ring (bicyclic) bond motifs is 1. The molecule has 1 aromatic heterocycles. The molecule has 0 saturated carbocycles. The Morgan fingerprint density at radius 2 is 1.75 bits per heavy atom. The molecule has 0 saturated heterocycles. The zero-order chi connectivity index (χ0) is 22.7. The van der Waals surface area contributed by atoms with Crippen molar-refractivity contribution in [3.8, 4) is 0 Å². The molecular weight excluding hydrogens is 402 g/mol. The second-order valence-electron chi connectivity index (χ2n) is 7.91. The number of rotatable bonds is 5. The number of carbonyl (C=O) groups is 2. The van der Waals surface area contributed by atoms with Crippen molar-refractivity contribution in [2.24, 2.45) is 5.10 Å². The molecule has 2 amide bonds. The van der Waals surface area contributed by atoms with E-state index in [1.807, 2.05) is 69.3 Å². The number of carbonyl (C=O) groups excluding carboxylic acids is 2. The lowest BCUT2D eigenvalue weighted by Crippen LogP contribution is -2.30. The first kappa shape index (κ1) is 21.6. The third-order valence-electron chi connectivity index (χ3n) is 5.83. The highest BCUT2D eigenvalue weighted by atomic mass is 16.4. The quantitative estimate of drug-likeness (QED) is 0.578. The number of anilines is 1. The van der Waals surface area contributed by atoms with E-state index in [-0.39, 0.29) is 11.8 Å². The maximum atomic E-state index is 13.3. The smallest absolute Gasteiger partial charge is 0.294 e. The maximum absolute atomic E-state index is 13.3. The molecule has 0 aliphatic heterocycles. The van der Waals surface area contributed by atoms with E-state index in [0.29, 0.717) is 24.3 Å². The molecule has 0 atom stereocenters. The molecule has 1 aliphatic rings. The molecule has 0 radical (unpaired) electrons. The fourth-order valence-corrected chi connectivity index (χ4v) is 4.16. The van der Waals surface area contributed by atoms with Crippen LogP contribution in [0.3, 0.4) is 0 Å². The van der Waals surface area contributed by atoms with E-state index in [1.54, 1.807) is 11.0 Å². The lowest BCUT2D eigenvalue weighted by molar-refractivity contribution is 0.0949. The van der Waals surface area contributed by atoms with Crippen molar-refractivity contribution in [1.82, 2.24) is 5.43 Å². The predicted molar refractivity (Wildman–Crippen MR) is 125 cm³/mol. The molecule has 0 spiro atoms. The van der Waals surface area contributed by atoms with E-state index in [9.17, 15) is 9.59 Å². The molecule has 6 nitrogen and oxygen atoms in total. The van der Waals surface area contributed by atoms with Crippen molar-refractivity contribution in [2.45, 2.75) is 40.0 Å². The second-order valence-corrected chi connectivity index (χ2v) is 7.91. The largest absolute Gasteiger partial charge is 0.455 e. The molecule has 32 heavy (non-hydrogen) atoms. The molecule has 1 N–H and O–H groups in total. The molecule has 0 bridgehead atoms. The van der Waals surface area contributed by atoms with Gasteiger partial charge in [0, 0.05) is 35.3 Å². The summed E-state index contributed by atoms with van der Waals surface area (Å²) >= 11 is 0. The molecule has 4 rings (SSSR count). The first-order valence-corrected chi connectivity index (χ1v) is 10.9. The van der Waals surface area contributed by atoms with E-state index >= 15 is 0 Å². The van der Waals surface area contributed by atoms with E-state index in [4.69, 9.17) is 4.42 Å². The standard InChI is InChI=1S/C26H27N3O3/c1-4-29(19-12-6-5-7-13-19)26(31)24-18(3)23-21(15-10-16-22(23)32-24)27-28-25(30)20-14-9-8-11-17(20)2/h5-9,11-14H,4,10,15-16H2,1-3H3,(H,28,30)/b27-21+. The van der Waals surface area contributed by atoms with Crippen molar-refractivity contribution < 1.29 is 14.0 Å². The molecule has 2 aromatic carbocycles. The Morgan fingerprint density at radius 1 is 1.03 bits per heavy atom. The predicted octanol–water partition coefficient (Wildman–Crippen LogP) is 5.03. The van der Waals surface area contributed by atoms with Crippen LogP contribution in [0.25, 0.3) is 0 Å². The topological polar surface area (TPSA) is 74.9 Å². The summed E-state index contributed by atoms with van der Waals surface area (Å²) in [7, 11) is 0. The zero-order valence-corrected chi connectivity index (χ0v) is 18.6. The van der Waals surface area contributed by atoms with Crippen LogP contribution in [-0.2, 0) is 6.42 Å². The Labute approximate surface area is 187 Å². The Bertz CT molecular complexity index is 1180. The normalized spacial score (nSPS) is 14.2. The first-order valence-electron chi connectivity index (χ1n) is 10.9. The third-order valence-corrected chi connectivity index (χ3v) is 5.83. The molecule has 6 heteroatoms.